The molecule has 4 rings (SSSR count). The first-order valence-electron chi connectivity index (χ1n) is 8.51. The number of amides is 2. The first-order chi connectivity index (χ1) is 11.6. The highest BCUT2D eigenvalue weighted by atomic mass is 19.3. The summed E-state index contributed by atoms with van der Waals surface area (Å²) in [4.78, 5) is 15.9. The van der Waals surface area contributed by atoms with Gasteiger partial charge in [0.1, 0.15) is 0 Å². The molecule has 3 aliphatic carbocycles. The van der Waals surface area contributed by atoms with Crippen molar-refractivity contribution in [1.29, 1.82) is 0 Å². The molecule has 5 nitrogen and oxygen atoms in total. The Hall–Kier alpha value is -1.92. The number of ether oxygens (including phenoxy) is 1. The molecular weight excluding hydrogens is 316 g/mol. The fourth-order valence-electron chi connectivity index (χ4n) is 4.25. The predicted molar refractivity (Wildman–Crippen MR) is 82.5 cm³/mol. The third-order valence-electron chi connectivity index (χ3n) is 5.87. The monoisotopic (exact) mass is 337 g/mol. The van der Waals surface area contributed by atoms with Crippen LogP contribution in [0.1, 0.15) is 37.7 Å². The first-order valence-corrected chi connectivity index (χ1v) is 8.51. The van der Waals surface area contributed by atoms with E-state index in [2.05, 4.69) is 20.4 Å². The van der Waals surface area contributed by atoms with Crippen molar-refractivity contribution in [3.8, 4) is 5.88 Å². The molecule has 0 bridgehead atoms. The largest absolute Gasteiger partial charge is 0.417 e. The Morgan fingerprint density at radius 1 is 1.42 bits per heavy atom. The van der Waals surface area contributed by atoms with Crippen LogP contribution >= 0.6 is 0 Å². The van der Waals surface area contributed by atoms with Gasteiger partial charge in [0.25, 0.3) is 0 Å². The van der Waals surface area contributed by atoms with E-state index in [1.54, 1.807) is 6.07 Å². The molecule has 0 aliphatic heterocycles. The van der Waals surface area contributed by atoms with E-state index >= 15 is 0 Å². The highest BCUT2D eigenvalue weighted by Gasteiger charge is 2.61. The summed E-state index contributed by atoms with van der Waals surface area (Å²) < 4.78 is 28.7. The summed E-state index contributed by atoms with van der Waals surface area (Å²) in [6, 6.07) is 2.88. The quantitative estimate of drug-likeness (QED) is 0.838. The van der Waals surface area contributed by atoms with Gasteiger partial charge in [0.05, 0.1) is 0 Å². The molecule has 3 atom stereocenters. The highest BCUT2D eigenvalue weighted by Crippen LogP contribution is 2.63. The van der Waals surface area contributed by atoms with Crippen LogP contribution in [0, 0.1) is 17.8 Å². The maximum atomic E-state index is 12.2. The van der Waals surface area contributed by atoms with Gasteiger partial charge in [-0.05, 0) is 61.5 Å². The van der Waals surface area contributed by atoms with Gasteiger partial charge in [-0.2, -0.15) is 8.78 Å². The molecule has 0 radical (unpaired) electrons. The SMILES string of the molecule is O=C(NCc1ccnc(OC(F)F)c1)NC1(C2CC3CCC32)CC1. The van der Waals surface area contributed by atoms with Crippen molar-refractivity contribution in [1.82, 2.24) is 15.6 Å². The molecule has 3 unspecified atom stereocenters. The van der Waals surface area contributed by atoms with Crippen molar-refractivity contribution in [3.63, 3.8) is 0 Å². The van der Waals surface area contributed by atoms with Crippen LogP contribution in [0.5, 0.6) is 5.88 Å². The number of aromatic nitrogens is 1. The lowest BCUT2D eigenvalue weighted by Gasteiger charge is -2.56. The lowest BCUT2D eigenvalue weighted by Crippen LogP contribution is -2.57. The fraction of sp³-hybridized carbons (Fsp3) is 0.647. The van der Waals surface area contributed by atoms with Crippen LogP contribution in [0.3, 0.4) is 0 Å². The van der Waals surface area contributed by atoms with Crippen molar-refractivity contribution in [2.24, 2.45) is 17.8 Å². The molecule has 130 valence electrons. The number of carbonyl (C=O) groups excluding carboxylic acids is 1. The molecule has 0 spiro atoms. The summed E-state index contributed by atoms with van der Waals surface area (Å²) in [5.41, 5.74) is 0.678. The van der Waals surface area contributed by atoms with Crippen LogP contribution in [0.2, 0.25) is 0 Å². The molecule has 3 saturated carbocycles. The number of alkyl halides is 2. The number of hydrogen-bond acceptors (Lipinski definition) is 3. The number of nitrogens with zero attached hydrogens (tertiary/aromatic N) is 1. The Morgan fingerprint density at radius 2 is 2.25 bits per heavy atom. The Labute approximate surface area is 139 Å². The minimum Gasteiger partial charge on any atom is -0.417 e. The van der Waals surface area contributed by atoms with Gasteiger partial charge in [-0.15, -0.1) is 0 Å². The molecule has 0 aromatic carbocycles. The maximum Gasteiger partial charge on any atom is 0.388 e. The zero-order valence-corrected chi connectivity index (χ0v) is 13.3. The maximum absolute atomic E-state index is 12.2. The Morgan fingerprint density at radius 3 is 2.83 bits per heavy atom. The Balaban J connectivity index is 1.28. The summed E-state index contributed by atoms with van der Waals surface area (Å²) in [7, 11) is 0. The number of rotatable bonds is 6. The van der Waals surface area contributed by atoms with Crippen LogP contribution in [-0.4, -0.2) is 23.2 Å². The minimum absolute atomic E-state index is 0.00780. The lowest BCUT2D eigenvalue weighted by atomic mass is 9.50. The molecule has 3 fully saturated rings. The molecule has 3 aliphatic rings. The lowest BCUT2D eigenvalue weighted by molar-refractivity contribution is -0.0529. The van der Waals surface area contributed by atoms with Crippen LogP contribution < -0.4 is 15.4 Å². The summed E-state index contributed by atoms with van der Waals surface area (Å²) >= 11 is 0. The summed E-state index contributed by atoms with van der Waals surface area (Å²) in [6.07, 6.45) is 7.44. The summed E-state index contributed by atoms with van der Waals surface area (Å²) in [5, 5.41) is 5.96. The smallest absolute Gasteiger partial charge is 0.388 e. The predicted octanol–water partition coefficient (Wildman–Crippen LogP) is 3.06. The van der Waals surface area contributed by atoms with Crippen molar-refractivity contribution < 1.29 is 18.3 Å². The minimum atomic E-state index is -2.91. The molecular formula is C17H21F2N3O2. The van der Waals surface area contributed by atoms with Crippen molar-refractivity contribution >= 4 is 6.03 Å². The Kier molecular flexibility index (Phi) is 3.81. The van der Waals surface area contributed by atoms with Gasteiger partial charge in [0.2, 0.25) is 5.88 Å². The van der Waals surface area contributed by atoms with Gasteiger partial charge in [-0.3, -0.25) is 0 Å². The first kappa shape index (κ1) is 15.6. The van der Waals surface area contributed by atoms with Crippen LogP contribution in [-0.2, 0) is 6.54 Å². The van der Waals surface area contributed by atoms with E-state index in [1.165, 1.54) is 31.5 Å². The number of nitrogens with one attached hydrogen (secondary N) is 2. The zero-order valence-electron chi connectivity index (χ0n) is 13.3. The van der Waals surface area contributed by atoms with Crippen molar-refractivity contribution in [2.75, 3.05) is 0 Å². The second-order valence-electron chi connectivity index (χ2n) is 7.19. The summed E-state index contributed by atoms with van der Waals surface area (Å²) in [6.45, 7) is -2.66. The number of pyridine rings is 1. The van der Waals surface area contributed by atoms with E-state index in [4.69, 9.17) is 0 Å². The van der Waals surface area contributed by atoms with Crippen molar-refractivity contribution in [3.05, 3.63) is 23.9 Å². The third-order valence-corrected chi connectivity index (χ3v) is 5.87. The molecule has 2 amide bonds. The molecule has 1 aromatic heterocycles. The van der Waals surface area contributed by atoms with Crippen LogP contribution in [0.25, 0.3) is 0 Å². The number of carbonyl (C=O) groups is 1. The van der Waals surface area contributed by atoms with Crippen LogP contribution in [0.4, 0.5) is 13.6 Å². The average molecular weight is 337 g/mol. The second-order valence-corrected chi connectivity index (χ2v) is 7.19. The van der Waals surface area contributed by atoms with E-state index in [9.17, 15) is 13.6 Å². The average Bonchev–Trinajstić information content (AvgIpc) is 3.28. The standard InChI is InChI=1S/C17H21F2N3O2/c18-15(19)24-14-7-10(3-6-20-14)9-21-16(23)22-17(4-5-17)13-8-11-1-2-12(11)13/h3,6-7,11-13,15H,1-2,4-5,8-9H2,(H2,21,22,23). The topological polar surface area (TPSA) is 63.2 Å². The van der Waals surface area contributed by atoms with Gasteiger partial charge in [-0.1, -0.05) is 0 Å². The Bertz CT molecular complexity index is 636. The van der Waals surface area contributed by atoms with Gasteiger partial charge in [-0.25, -0.2) is 9.78 Å². The van der Waals surface area contributed by atoms with E-state index in [-0.39, 0.29) is 24.0 Å². The van der Waals surface area contributed by atoms with Crippen molar-refractivity contribution in [2.45, 2.75) is 50.8 Å². The van der Waals surface area contributed by atoms with Gasteiger partial charge >= 0.3 is 12.6 Å². The van der Waals surface area contributed by atoms with Crippen LogP contribution in [0.15, 0.2) is 18.3 Å². The van der Waals surface area contributed by atoms with Gasteiger partial charge in [0.15, 0.2) is 0 Å². The molecule has 0 saturated heterocycles. The molecule has 1 heterocycles. The number of hydrogen-bond donors (Lipinski definition) is 2. The zero-order chi connectivity index (χ0) is 16.7. The van der Waals surface area contributed by atoms with E-state index in [0.29, 0.717) is 11.5 Å². The van der Waals surface area contributed by atoms with E-state index in [1.807, 2.05) is 0 Å². The van der Waals surface area contributed by atoms with Gasteiger partial charge in [0, 0.05) is 24.3 Å². The number of urea groups is 1. The molecule has 1 aromatic rings. The normalized spacial score (nSPS) is 29.0. The molecule has 7 heteroatoms. The summed E-state index contributed by atoms with van der Waals surface area (Å²) in [5.74, 6) is 2.23. The van der Waals surface area contributed by atoms with Gasteiger partial charge < -0.3 is 15.4 Å². The third kappa shape index (κ3) is 2.91. The molecule has 24 heavy (non-hydrogen) atoms. The fourth-order valence-corrected chi connectivity index (χ4v) is 4.25. The number of halogens is 2. The second kappa shape index (κ2) is 5.86. The van der Waals surface area contributed by atoms with E-state index in [0.717, 1.165) is 24.7 Å². The number of fused-ring (bicyclic) bond motifs is 1. The van der Waals surface area contributed by atoms with E-state index < -0.39 is 6.61 Å². The molecule has 2 N–H and O–H groups in total. The highest BCUT2D eigenvalue weighted by molar-refractivity contribution is 5.75.